The summed E-state index contributed by atoms with van der Waals surface area (Å²) in [7, 11) is 0. The second-order valence-corrected chi connectivity index (χ2v) is 5.43. The highest BCUT2D eigenvalue weighted by Gasteiger charge is 2.07. The molecule has 0 radical (unpaired) electrons. The Morgan fingerprint density at radius 2 is 1.82 bits per heavy atom. The molecule has 0 unspecified atom stereocenters. The summed E-state index contributed by atoms with van der Waals surface area (Å²) in [6.07, 6.45) is 0. The maximum Gasteiger partial charge on any atom is 0.195 e. The molecule has 0 amide bonds. The van der Waals surface area contributed by atoms with Crippen molar-refractivity contribution in [1.82, 2.24) is 0 Å². The summed E-state index contributed by atoms with van der Waals surface area (Å²) in [5, 5.41) is 1.67. The first-order valence-corrected chi connectivity index (χ1v) is 6.41. The van der Waals surface area contributed by atoms with Gasteiger partial charge in [0.05, 0.1) is 0 Å². The smallest absolute Gasteiger partial charge is 0.195 e. The van der Waals surface area contributed by atoms with Gasteiger partial charge in [0, 0.05) is 20.2 Å². The Labute approximate surface area is 103 Å². The summed E-state index contributed by atoms with van der Waals surface area (Å²) in [4.78, 5) is 12.4. The number of benzene rings is 2. The number of hydrogen-bond acceptors (Lipinski definition) is 2. The van der Waals surface area contributed by atoms with Crippen molar-refractivity contribution in [3.05, 3.63) is 57.7 Å². The predicted octanol–water partition coefficient (Wildman–Crippen LogP) is 4.03. The van der Waals surface area contributed by atoms with Gasteiger partial charge in [-0.15, -0.1) is 11.3 Å². The third kappa shape index (κ3) is 1.56. The van der Waals surface area contributed by atoms with Crippen LogP contribution in [0.15, 0.2) is 41.2 Å². The Bertz CT molecular complexity index is 784. The van der Waals surface area contributed by atoms with Gasteiger partial charge in [-0.1, -0.05) is 18.2 Å². The van der Waals surface area contributed by atoms with E-state index < -0.39 is 0 Å². The third-order valence-corrected chi connectivity index (χ3v) is 4.35. The van der Waals surface area contributed by atoms with Crippen LogP contribution in [-0.2, 0) is 0 Å². The van der Waals surface area contributed by atoms with E-state index in [9.17, 15) is 4.79 Å². The average Bonchev–Trinajstić information content (AvgIpc) is 2.30. The predicted molar refractivity (Wildman–Crippen MR) is 75.1 cm³/mol. The van der Waals surface area contributed by atoms with Crippen molar-refractivity contribution in [3.8, 4) is 0 Å². The SMILES string of the molecule is Cc1ccc2c(=O)c3cccc(C)c3sc2c1. The van der Waals surface area contributed by atoms with Crippen molar-refractivity contribution in [1.29, 1.82) is 0 Å². The van der Waals surface area contributed by atoms with Gasteiger partial charge in [0.15, 0.2) is 5.43 Å². The lowest BCUT2D eigenvalue weighted by molar-refractivity contribution is 1.51. The molecule has 0 atom stereocenters. The van der Waals surface area contributed by atoms with E-state index in [1.54, 1.807) is 11.3 Å². The average molecular weight is 240 g/mol. The van der Waals surface area contributed by atoms with Gasteiger partial charge in [0.2, 0.25) is 0 Å². The minimum Gasteiger partial charge on any atom is -0.289 e. The van der Waals surface area contributed by atoms with Gasteiger partial charge in [-0.2, -0.15) is 0 Å². The molecular formula is C15H12OS. The molecule has 0 aliphatic rings. The zero-order valence-electron chi connectivity index (χ0n) is 9.78. The first-order chi connectivity index (χ1) is 8.16. The molecule has 0 saturated carbocycles. The molecule has 0 fully saturated rings. The molecule has 1 heterocycles. The van der Waals surface area contributed by atoms with E-state index in [-0.39, 0.29) is 5.43 Å². The molecule has 84 valence electrons. The molecule has 0 spiro atoms. The lowest BCUT2D eigenvalue weighted by atomic mass is 10.1. The molecule has 1 nitrogen and oxygen atoms in total. The van der Waals surface area contributed by atoms with Crippen molar-refractivity contribution < 1.29 is 0 Å². The fourth-order valence-corrected chi connectivity index (χ4v) is 3.36. The number of rotatable bonds is 0. The first kappa shape index (κ1) is 10.5. The van der Waals surface area contributed by atoms with E-state index in [0.29, 0.717) is 0 Å². The topological polar surface area (TPSA) is 17.1 Å². The van der Waals surface area contributed by atoms with E-state index in [4.69, 9.17) is 0 Å². The summed E-state index contributed by atoms with van der Waals surface area (Å²) in [5.41, 5.74) is 2.52. The normalized spacial score (nSPS) is 11.2. The van der Waals surface area contributed by atoms with Crippen LogP contribution in [0.2, 0.25) is 0 Å². The molecule has 0 bridgehead atoms. The van der Waals surface area contributed by atoms with Crippen LogP contribution in [0.3, 0.4) is 0 Å². The molecule has 0 N–H and O–H groups in total. The van der Waals surface area contributed by atoms with E-state index in [1.807, 2.05) is 24.3 Å². The Balaban J connectivity index is 2.62. The van der Waals surface area contributed by atoms with Crippen LogP contribution in [0.25, 0.3) is 20.2 Å². The third-order valence-electron chi connectivity index (χ3n) is 3.05. The second-order valence-electron chi connectivity index (χ2n) is 4.38. The fraction of sp³-hybridized carbons (Fsp3) is 0.133. The quantitative estimate of drug-likeness (QED) is 0.542. The second kappa shape index (κ2) is 3.67. The molecular weight excluding hydrogens is 228 g/mol. The highest BCUT2D eigenvalue weighted by Crippen LogP contribution is 2.27. The van der Waals surface area contributed by atoms with Gasteiger partial charge in [0.25, 0.3) is 0 Å². The number of hydrogen-bond donors (Lipinski definition) is 0. The zero-order valence-corrected chi connectivity index (χ0v) is 10.6. The Morgan fingerprint density at radius 1 is 1.00 bits per heavy atom. The van der Waals surface area contributed by atoms with Gasteiger partial charge in [-0.25, -0.2) is 0 Å². The summed E-state index contributed by atoms with van der Waals surface area (Å²) >= 11 is 1.71. The highest BCUT2D eigenvalue weighted by molar-refractivity contribution is 7.24. The molecule has 2 heteroatoms. The Hall–Kier alpha value is -1.67. The molecule has 0 saturated heterocycles. The molecule has 1 aromatic heterocycles. The lowest BCUT2D eigenvalue weighted by Gasteiger charge is -2.04. The van der Waals surface area contributed by atoms with Crippen LogP contribution in [-0.4, -0.2) is 0 Å². The summed E-state index contributed by atoms with van der Waals surface area (Å²) < 4.78 is 2.19. The largest absolute Gasteiger partial charge is 0.289 e. The van der Waals surface area contributed by atoms with Crippen LogP contribution in [0.1, 0.15) is 11.1 Å². The highest BCUT2D eigenvalue weighted by atomic mass is 32.1. The number of fused-ring (bicyclic) bond motifs is 2. The Morgan fingerprint density at radius 3 is 2.65 bits per heavy atom. The summed E-state index contributed by atoms with van der Waals surface area (Å²) in [5.74, 6) is 0. The van der Waals surface area contributed by atoms with Gasteiger partial charge in [0.1, 0.15) is 0 Å². The minimum absolute atomic E-state index is 0.150. The van der Waals surface area contributed by atoms with Crippen molar-refractivity contribution in [2.75, 3.05) is 0 Å². The van der Waals surface area contributed by atoms with Crippen LogP contribution >= 0.6 is 11.3 Å². The van der Waals surface area contributed by atoms with Crippen molar-refractivity contribution in [2.45, 2.75) is 13.8 Å². The summed E-state index contributed by atoms with van der Waals surface area (Å²) in [6.45, 7) is 4.11. The van der Waals surface area contributed by atoms with Crippen LogP contribution < -0.4 is 5.43 Å². The molecule has 0 aliphatic carbocycles. The van der Waals surface area contributed by atoms with Gasteiger partial charge in [-0.3, -0.25) is 4.79 Å². The van der Waals surface area contributed by atoms with Crippen molar-refractivity contribution in [2.24, 2.45) is 0 Å². The summed E-state index contributed by atoms with van der Waals surface area (Å²) in [6, 6.07) is 11.9. The van der Waals surface area contributed by atoms with E-state index >= 15 is 0 Å². The Kier molecular flexibility index (Phi) is 2.26. The van der Waals surface area contributed by atoms with Gasteiger partial charge in [-0.05, 0) is 43.2 Å². The molecule has 17 heavy (non-hydrogen) atoms. The van der Waals surface area contributed by atoms with E-state index in [2.05, 4.69) is 26.0 Å². The fourth-order valence-electron chi connectivity index (χ4n) is 2.12. The van der Waals surface area contributed by atoms with E-state index in [1.165, 1.54) is 11.1 Å². The first-order valence-electron chi connectivity index (χ1n) is 5.59. The molecule has 3 aromatic rings. The maximum atomic E-state index is 12.4. The van der Waals surface area contributed by atoms with Crippen LogP contribution in [0, 0.1) is 13.8 Å². The van der Waals surface area contributed by atoms with Gasteiger partial charge < -0.3 is 0 Å². The zero-order chi connectivity index (χ0) is 12.0. The number of aryl methyl sites for hydroxylation is 2. The van der Waals surface area contributed by atoms with E-state index in [0.717, 1.165) is 20.2 Å². The molecule has 0 aliphatic heterocycles. The minimum atomic E-state index is 0.150. The van der Waals surface area contributed by atoms with Crippen molar-refractivity contribution in [3.63, 3.8) is 0 Å². The van der Waals surface area contributed by atoms with Gasteiger partial charge >= 0.3 is 0 Å². The van der Waals surface area contributed by atoms with Crippen LogP contribution in [0.4, 0.5) is 0 Å². The monoisotopic (exact) mass is 240 g/mol. The lowest BCUT2D eigenvalue weighted by Crippen LogP contribution is -2.01. The molecule has 3 rings (SSSR count). The van der Waals surface area contributed by atoms with Crippen LogP contribution in [0.5, 0.6) is 0 Å². The maximum absolute atomic E-state index is 12.4. The standard InChI is InChI=1S/C15H12OS/c1-9-6-7-11-13(8-9)17-15-10(2)4-3-5-12(15)14(11)16/h3-8H,1-2H3. The van der Waals surface area contributed by atoms with Crippen molar-refractivity contribution >= 4 is 31.5 Å². The molecule has 2 aromatic carbocycles.